The number of hydrogen-bond donors (Lipinski definition) is 5. The molecule has 1 fully saturated rings. The van der Waals surface area contributed by atoms with Crippen LogP contribution in [0.3, 0.4) is 0 Å². The van der Waals surface area contributed by atoms with Crippen LogP contribution in [0.15, 0.2) is 0 Å². The topological polar surface area (TPSA) is 154 Å². The van der Waals surface area contributed by atoms with Gasteiger partial charge in [0.1, 0.15) is 24.1 Å². The lowest BCUT2D eigenvalue weighted by Crippen LogP contribution is -2.61. The van der Waals surface area contributed by atoms with Crippen molar-refractivity contribution < 1.29 is 39.2 Å². The average molecular weight is 531 g/mol. The molecule has 10 nitrogen and oxygen atoms in total. The van der Waals surface area contributed by atoms with E-state index in [4.69, 9.17) is 9.47 Å². The van der Waals surface area contributed by atoms with Crippen LogP contribution >= 0.6 is 0 Å². The molecule has 1 amide bonds. The lowest BCUT2D eigenvalue weighted by Gasteiger charge is -2.38. The third-order valence-electron chi connectivity index (χ3n) is 6.50. The molecule has 0 unspecified atom stereocenters. The number of ether oxygens (including phenoxy) is 2. The summed E-state index contributed by atoms with van der Waals surface area (Å²) in [6, 6.07) is -0.346. The van der Waals surface area contributed by atoms with Gasteiger partial charge in [-0.25, -0.2) is 0 Å². The Kier molecular flexibility index (Phi) is 12.8. The molecule has 0 aromatic carbocycles. The van der Waals surface area contributed by atoms with Crippen LogP contribution in [0.5, 0.6) is 0 Å². The number of nitrogens with one attached hydrogen (secondary N) is 2. The Balaban J connectivity index is 2.72. The standard InChI is InChI=1S/C27H50N2O8/c1-15(2)18(29-27(6,7)8)17(30)14-16(23(34)26(3,4)5)12-10-11-13-28-24(35)22-20(32)19(31)21(33)25(36-9)37-22/h15-16,18-22,25,29,31-33H,10-14H2,1-9H3,(H,28,35)/t16-,18+,19+,20+,21-,22+,25-/m1/s1. The molecule has 0 aliphatic carbocycles. The van der Waals surface area contributed by atoms with Crippen molar-refractivity contribution in [1.29, 1.82) is 0 Å². The molecule has 1 heterocycles. The summed E-state index contributed by atoms with van der Waals surface area (Å²) >= 11 is 0. The van der Waals surface area contributed by atoms with Crippen molar-refractivity contribution in [2.45, 2.75) is 123 Å². The molecular formula is C27H50N2O8. The van der Waals surface area contributed by atoms with E-state index < -0.39 is 47.9 Å². The van der Waals surface area contributed by atoms with E-state index in [9.17, 15) is 29.7 Å². The zero-order valence-electron chi connectivity index (χ0n) is 24.0. The SMILES string of the molecule is CO[C@@H]1O[C@H](C(=O)NCCCC[C@H](CC(=O)[C@@H](NC(C)(C)C)C(C)C)C(=O)C(C)(C)C)[C@@H](O)[C@H](O)[C@H]1O. The van der Waals surface area contributed by atoms with E-state index in [1.807, 2.05) is 55.4 Å². The van der Waals surface area contributed by atoms with Crippen molar-refractivity contribution in [3.05, 3.63) is 0 Å². The highest BCUT2D eigenvalue weighted by atomic mass is 16.7. The summed E-state index contributed by atoms with van der Waals surface area (Å²) in [5.74, 6) is -0.903. The van der Waals surface area contributed by atoms with Gasteiger partial charge < -0.3 is 35.4 Å². The lowest BCUT2D eigenvalue weighted by molar-refractivity contribution is -0.283. The minimum atomic E-state index is -1.60. The first kappa shape index (κ1) is 33.6. The monoisotopic (exact) mass is 530 g/mol. The predicted octanol–water partition coefficient (Wildman–Crippen LogP) is 1.33. The smallest absolute Gasteiger partial charge is 0.252 e. The molecule has 0 radical (unpaired) electrons. The second kappa shape index (κ2) is 14.1. The van der Waals surface area contributed by atoms with E-state index in [0.717, 1.165) is 0 Å². The van der Waals surface area contributed by atoms with Gasteiger partial charge in [-0.1, -0.05) is 41.0 Å². The number of ketones is 2. The number of Topliss-reactive ketones (excluding diaryl/α,β-unsaturated/α-hetero) is 2. The van der Waals surface area contributed by atoms with Gasteiger partial charge in [-0.15, -0.1) is 0 Å². The van der Waals surface area contributed by atoms with Gasteiger partial charge >= 0.3 is 0 Å². The van der Waals surface area contributed by atoms with Crippen molar-refractivity contribution >= 4 is 17.5 Å². The fourth-order valence-corrected chi connectivity index (χ4v) is 4.48. The van der Waals surface area contributed by atoms with E-state index in [1.54, 1.807) is 0 Å². The maximum atomic E-state index is 13.2. The van der Waals surface area contributed by atoms with Gasteiger partial charge in [-0.2, -0.15) is 0 Å². The third-order valence-corrected chi connectivity index (χ3v) is 6.50. The van der Waals surface area contributed by atoms with Crippen molar-refractivity contribution in [2.24, 2.45) is 17.3 Å². The van der Waals surface area contributed by atoms with Gasteiger partial charge in [-0.3, -0.25) is 14.4 Å². The highest BCUT2D eigenvalue weighted by molar-refractivity contribution is 5.92. The van der Waals surface area contributed by atoms with E-state index in [1.165, 1.54) is 7.11 Å². The molecule has 1 aliphatic heterocycles. The van der Waals surface area contributed by atoms with Crippen molar-refractivity contribution in [3.8, 4) is 0 Å². The van der Waals surface area contributed by atoms with Crippen LogP contribution in [-0.2, 0) is 23.9 Å². The molecule has 37 heavy (non-hydrogen) atoms. The highest BCUT2D eigenvalue weighted by Gasteiger charge is 2.46. The van der Waals surface area contributed by atoms with Crippen LogP contribution in [0, 0.1) is 17.3 Å². The quantitative estimate of drug-likeness (QED) is 0.222. The lowest BCUT2D eigenvalue weighted by atomic mass is 9.77. The zero-order chi connectivity index (χ0) is 28.7. The van der Waals surface area contributed by atoms with Crippen LogP contribution in [-0.4, -0.2) is 88.7 Å². The first-order valence-corrected chi connectivity index (χ1v) is 13.3. The molecule has 0 aromatic heterocycles. The average Bonchev–Trinajstić information content (AvgIpc) is 2.78. The van der Waals surface area contributed by atoms with Crippen LogP contribution < -0.4 is 10.6 Å². The van der Waals surface area contributed by atoms with Gasteiger partial charge in [0.15, 0.2) is 18.2 Å². The van der Waals surface area contributed by atoms with Crippen LogP contribution in [0.4, 0.5) is 0 Å². The second-order valence-electron chi connectivity index (χ2n) is 12.5. The molecule has 0 spiro atoms. The molecule has 10 heteroatoms. The molecule has 1 aliphatic rings. The Labute approximate surface area is 221 Å². The summed E-state index contributed by atoms with van der Waals surface area (Å²) < 4.78 is 10.2. The van der Waals surface area contributed by atoms with Gasteiger partial charge in [-0.05, 0) is 39.5 Å². The third kappa shape index (κ3) is 10.3. The van der Waals surface area contributed by atoms with Crippen molar-refractivity contribution in [2.75, 3.05) is 13.7 Å². The summed E-state index contributed by atoms with van der Waals surface area (Å²) in [5, 5.41) is 36.0. The Morgan fingerprint density at radius 1 is 0.946 bits per heavy atom. The van der Waals surface area contributed by atoms with E-state index in [0.29, 0.717) is 19.3 Å². The minimum absolute atomic E-state index is 0.0257. The number of unbranched alkanes of at least 4 members (excludes halogenated alkanes) is 1. The summed E-state index contributed by atoms with van der Waals surface area (Å²) in [6.07, 6.45) is -5.46. The Morgan fingerprint density at radius 2 is 1.54 bits per heavy atom. The molecule has 5 N–H and O–H groups in total. The Bertz CT molecular complexity index is 756. The normalized spacial score (nSPS) is 26.6. The summed E-state index contributed by atoms with van der Waals surface area (Å²) in [4.78, 5) is 38.9. The number of carbonyl (C=O) groups excluding carboxylic acids is 3. The number of rotatable bonds is 13. The maximum Gasteiger partial charge on any atom is 0.252 e. The van der Waals surface area contributed by atoms with Gasteiger partial charge in [0.2, 0.25) is 0 Å². The molecule has 1 saturated heterocycles. The molecular weight excluding hydrogens is 480 g/mol. The zero-order valence-corrected chi connectivity index (χ0v) is 24.0. The predicted molar refractivity (Wildman–Crippen MR) is 140 cm³/mol. The molecule has 0 aromatic rings. The fraction of sp³-hybridized carbons (Fsp3) is 0.889. The largest absolute Gasteiger partial charge is 0.387 e. The highest BCUT2D eigenvalue weighted by Crippen LogP contribution is 2.28. The first-order valence-electron chi connectivity index (χ1n) is 13.3. The minimum Gasteiger partial charge on any atom is -0.387 e. The molecule has 0 bridgehead atoms. The number of aliphatic hydroxyl groups excluding tert-OH is 3. The Morgan fingerprint density at radius 3 is 2.03 bits per heavy atom. The van der Waals surface area contributed by atoms with Gasteiger partial charge in [0.25, 0.3) is 5.91 Å². The van der Waals surface area contributed by atoms with Crippen LogP contribution in [0.25, 0.3) is 0 Å². The molecule has 1 rings (SSSR count). The molecule has 7 atom stereocenters. The number of carbonyl (C=O) groups is 3. The summed E-state index contributed by atoms with van der Waals surface area (Å²) in [7, 11) is 1.26. The first-order chi connectivity index (χ1) is 16.9. The summed E-state index contributed by atoms with van der Waals surface area (Å²) in [5.41, 5.74) is -0.818. The maximum absolute atomic E-state index is 13.2. The number of amides is 1. The molecule has 216 valence electrons. The van der Waals surface area contributed by atoms with Crippen molar-refractivity contribution in [1.82, 2.24) is 10.6 Å². The number of hydrogen-bond acceptors (Lipinski definition) is 9. The number of aliphatic hydroxyl groups is 3. The van der Waals surface area contributed by atoms with Gasteiger partial charge in [0, 0.05) is 36.9 Å². The second-order valence-corrected chi connectivity index (χ2v) is 12.5. The van der Waals surface area contributed by atoms with E-state index in [-0.39, 0.29) is 42.0 Å². The molecule has 0 saturated carbocycles. The summed E-state index contributed by atoms with van der Waals surface area (Å²) in [6.45, 7) is 15.8. The van der Waals surface area contributed by atoms with E-state index in [2.05, 4.69) is 10.6 Å². The van der Waals surface area contributed by atoms with Crippen LogP contribution in [0.1, 0.15) is 81.1 Å². The van der Waals surface area contributed by atoms with Crippen molar-refractivity contribution in [3.63, 3.8) is 0 Å². The van der Waals surface area contributed by atoms with Gasteiger partial charge in [0.05, 0.1) is 6.04 Å². The number of methoxy groups -OCH3 is 1. The Hall–Kier alpha value is -1.43. The van der Waals surface area contributed by atoms with E-state index >= 15 is 0 Å². The van der Waals surface area contributed by atoms with Crippen LogP contribution in [0.2, 0.25) is 0 Å². The fourth-order valence-electron chi connectivity index (χ4n) is 4.48.